The summed E-state index contributed by atoms with van der Waals surface area (Å²) >= 11 is 0. The Balaban J connectivity index is -0.0000000267. The van der Waals surface area contributed by atoms with Gasteiger partial charge >= 0.3 is 18.9 Å². The van der Waals surface area contributed by atoms with Crippen LogP contribution in [0.25, 0.3) is 0 Å². The maximum Gasteiger partial charge on any atom is 1.00 e. The Morgan fingerprint density at radius 2 is 0.750 bits per heavy atom. The Morgan fingerprint density at radius 3 is 0.750 bits per heavy atom. The van der Waals surface area contributed by atoms with Crippen molar-refractivity contribution >= 4 is 0 Å². The average Bonchev–Trinajstić information content (AvgIpc) is 0.722. The Kier molecular flexibility index (Phi) is 25.4. The van der Waals surface area contributed by atoms with E-state index in [1.165, 1.54) is 0 Å². The maximum absolute atomic E-state index is 2.12. The molecule has 0 saturated carbocycles. The van der Waals surface area contributed by atoms with E-state index in [-0.39, 0.29) is 66.8 Å². The van der Waals surface area contributed by atoms with E-state index in [1.54, 1.807) is 0 Å². The molecule has 0 rings (SSSR count). The summed E-state index contributed by atoms with van der Waals surface area (Å²) in [5.41, 5.74) is 0. The monoisotopic (exact) mass is 335 g/mol. The zero-order chi connectivity index (χ0) is 4.50. The number of quaternary nitrogens is 1. The Morgan fingerprint density at radius 1 is 0.750 bits per heavy atom. The van der Waals surface area contributed by atoms with E-state index in [2.05, 4.69) is 28.2 Å². The summed E-state index contributed by atoms with van der Waals surface area (Å²) in [5.74, 6) is 0. The Hall–Kier alpha value is 2.02. The topological polar surface area (TPSA) is 0 Å². The Bertz CT molecular complexity index is 29.5. The van der Waals surface area contributed by atoms with Crippen LogP contribution in [0.5, 0.6) is 0 Å². The third kappa shape index (κ3) is 97.0. The molecule has 0 saturated heterocycles. The van der Waals surface area contributed by atoms with Crippen molar-refractivity contribution in [2.45, 2.75) is 0 Å². The van der Waals surface area contributed by atoms with Crippen molar-refractivity contribution in [1.29, 1.82) is 0 Å². The van der Waals surface area contributed by atoms with Crippen LogP contribution in [-0.4, -0.2) is 32.7 Å². The van der Waals surface area contributed by atoms with Gasteiger partial charge in [-0.2, -0.15) is 0 Å². The van der Waals surface area contributed by atoms with Crippen LogP contribution in [0.4, 0.5) is 0 Å². The van der Waals surface area contributed by atoms with Gasteiger partial charge in [0, 0.05) is 0 Å². The van der Waals surface area contributed by atoms with Crippen LogP contribution in [-0.2, 0) is 0 Å². The molecule has 0 unspecified atom stereocenters. The quantitative estimate of drug-likeness (QED) is 0.234. The van der Waals surface area contributed by atoms with E-state index in [4.69, 9.17) is 0 Å². The maximum atomic E-state index is 2.12. The van der Waals surface area contributed by atoms with E-state index in [0.29, 0.717) is 0 Å². The first-order valence-corrected chi connectivity index (χ1v) is 1.79. The second kappa shape index (κ2) is 9.02. The standard InChI is InChI=1S/C4H12N.2HI.Li/c1-5(2,3)4;;;/h1-4H3;2*1H;/q+1;;;+1/p-2. The molecule has 48 valence electrons. The fourth-order valence-corrected chi connectivity index (χ4v) is 0. The van der Waals surface area contributed by atoms with Gasteiger partial charge in [-0.15, -0.1) is 0 Å². The molecule has 0 fully saturated rings. The first-order chi connectivity index (χ1) is 2.00. The minimum atomic E-state index is 0. The van der Waals surface area contributed by atoms with Crippen molar-refractivity contribution in [3.8, 4) is 0 Å². The van der Waals surface area contributed by atoms with Crippen molar-refractivity contribution in [2.24, 2.45) is 0 Å². The molecule has 0 N–H and O–H groups in total. The van der Waals surface area contributed by atoms with Crippen molar-refractivity contribution in [1.82, 2.24) is 0 Å². The first kappa shape index (κ1) is 22.5. The number of nitrogens with zero attached hydrogens (tertiary/aromatic N) is 1. The molecule has 0 aromatic heterocycles. The van der Waals surface area contributed by atoms with Crippen molar-refractivity contribution in [3.63, 3.8) is 0 Å². The largest absolute Gasteiger partial charge is 1.00 e. The predicted molar refractivity (Wildman–Crippen MR) is 24.0 cm³/mol. The zero-order valence-corrected chi connectivity index (χ0v) is 10.5. The Labute approximate surface area is 98.4 Å². The van der Waals surface area contributed by atoms with E-state index in [9.17, 15) is 0 Å². The number of hydrogen-bond acceptors (Lipinski definition) is 0. The molecule has 0 aliphatic carbocycles. The minimum Gasteiger partial charge on any atom is -1.00 e. The second-order valence-electron chi connectivity index (χ2n) is 2.68. The molecule has 0 aliphatic rings. The summed E-state index contributed by atoms with van der Waals surface area (Å²) in [7, 11) is 8.50. The van der Waals surface area contributed by atoms with Crippen molar-refractivity contribution in [2.75, 3.05) is 28.2 Å². The van der Waals surface area contributed by atoms with E-state index >= 15 is 0 Å². The summed E-state index contributed by atoms with van der Waals surface area (Å²) < 4.78 is 1.00. The van der Waals surface area contributed by atoms with Gasteiger partial charge in [0.1, 0.15) is 0 Å². The molecule has 0 aliphatic heterocycles. The summed E-state index contributed by atoms with van der Waals surface area (Å²) in [4.78, 5) is 0. The smallest absolute Gasteiger partial charge is 1.00 e. The van der Waals surface area contributed by atoms with Gasteiger partial charge in [-0.25, -0.2) is 0 Å². The average molecular weight is 335 g/mol. The van der Waals surface area contributed by atoms with Gasteiger partial charge in [0.25, 0.3) is 0 Å². The van der Waals surface area contributed by atoms with Gasteiger partial charge in [-0.3, -0.25) is 0 Å². The summed E-state index contributed by atoms with van der Waals surface area (Å²) in [6.07, 6.45) is 0. The molecule has 0 radical (unpaired) electrons. The fraction of sp³-hybridized carbons (Fsp3) is 1.00. The molecule has 0 spiro atoms. The van der Waals surface area contributed by atoms with Gasteiger partial charge in [0.05, 0.1) is 28.2 Å². The molecule has 0 aromatic rings. The molecule has 8 heavy (non-hydrogen) atoms. The van der Waals surface area contributed by atoms with Crippen LogP contribution >= 0.6 is 0 Å². The summed E-state index contributed by atoms with van der Waals surface area (Å²) in [6.45, 7) is 0. The number of hydrogen-bond donors (Lipinski definition) is 0. The number of rotatable bonds is 0. The second-order valence-corrected chi connectivity index (χ2v) is 2.68. The van der Waals surface area contributed by atoms with E-state index < -0.39 is 0 Å². The molecule has 0 bridgehead atoms. The molecular weight excluding hydrogens is 323 g/mol. The predicted octanol–water partition coefficient (Wildman–Crippen LogP) is -8.67. The summed E-state index contributed by atoms with van der Waals surface area (Å²) in [6, 6.07) is 0. The van der Waals surface area contributed by atoms with Gasteiger partial charge in [-0.05, 0) is 0 Å². The van der Waals surface area contributed by atoms with Crippen molar-refractivity contribution < 1.29 is 71.3 Å². The van der Waals surface area contributed by atoms with Gasteiger partial charge < -0.3 is 52.4 Å². The molecule has 1 nitrogen and oxygen atoms in total. The number of halogens is 2. The van der Waals surface area contributed by atoms with Crippen LogP contribution < -0.4 is 66.8 Å². The summed E-state index contributed by atoms with van der Waals surface area (Å²) in [5, 5.41) is 0. The third-order valence-corrected chi connectivity index (χ3v) is 0. The minimum absolute atomic E-state index is 0. The SMILES string of the molecule is C[N+](C)(C)C.[I-].[I-].[Li+]. The van der Waals surface area contributed by atoms with Gasteiger partial charge in [0.2, 0.25) is 0 Å². The molecule has 0 atom stereocenters. The molecule has 0 aromatic carbocycles. The van der Waals surface area contributed by atoms with Crippen LogP contribution in [0.2, 0.25) is 0 Å². The first-order valence-electron chi connectivity index (χ1n) is 1.79. The molecule has 0 heterocycles. The normalized spacial score (nSPS) is 7.50. The van der Waals surface area contributed by atoms with E-state index in [0.717, 1.165) is 4.48 Å². The fourth-order valence-electron chi connectivity index (χ4n) is 0. The zero-order valence-electron chi connectivity index (χ0n) is 6.20. The molecule has 0 amide bonds. The van der Waals surface area contributed by atoms with Gasteiger partial charge in [0.15, 0.2) is 0 Å². The van der Waals surface area contributed by atoms with Crippen LogP contribution in [0.3, 0.4) is 0 Å². The molecular formula is C4H12I2LiN. The van der Waals surface area contributed by atoms with Crippen LogP contribution in [0.1, 0.15) is 0 Å². The van der Waals surface area contributed by atoms with E-state index in [1.807, 2.05) is 0 Å². The third-order valence-electron chi connectivity index (χ3n) is 0. The molecule has 4 heteroatoms. The van der Waals surface area contributed by atoms with Crippen LogP contribution in [0, 0.1) is 0 Å². The van der Waals surface area contributed by atoms with Crippen LogP contribution in [0.15, 0.2) is 0 Å². The van der Waals surface area contributed by atoms with Gasteiger partial charge in [-0.1, -0.05) is 0 Å². The van der Waals surface area contributed by atoms with Crippen molar-refractivity contribution in [3.05, 3.63) is 0 Å².